The molecule has 1 unspecified atom stereocenters. The molecule has 3 nitrogen and oxygen atoms in total. The van der Waals surface area contributed by atoms with Crippen molar-refractivity contribution >= 4 is 11.6 Å². The number of hydrogen-bond donors (Lipinski definition) is 1. The van der Waals surface area contributed by atoms with E-state index in [1.807, 2.05) is 7.05 Å². The molecule has 0 aliphatic rings. The second-order valence-electron chi connectivity index (χ2n) is 2.90. The molecule has 0 spiro atoms. The van der Waals surface area contributed by atoms with Crippen molar-refractivity contribution in [2.75, 3.05) is 0 Å². The lowest BCUT2D eigenvalue weighted by Gasteiger charge is -2.10. The van der Waals surface area contributed by atoms with Gasteiger partial charge in [0.25, 0.3) is 0 Å². The Labute approximate surface area is 77.5 Å². The van der Waals surface area contributed by atoms with Crippen molar-refractivity contribution in [3.63, 3.8) is 0 Å². The molecule has 12 heavy (non-hydrogen) atoms. The lowest BCUT2D eigenvalue weighted by molar-refractivity contribution is 0.575. The summed E-state index contributed by atoms with van der Waals surface area (Å²) < 4.78 is 1.74. The van der Waals surface area contributed by atoms with Gasteiger partial charge >= 0.3 is 0 Å². The van der Waals surface area contributed by atoms with Crippen molar-refractivity contribution in [3.05, 3.63) is 16.9 Å². The summed E-state index contributed by atoms with van der Waals surface area (Å²) in [5.74, 6) is 0. The van der Waals surface area contributed by atoms with Crippen LogP contribution in [-0.2, 0) is 7.05 Å². The van der Waals surface area contributed by atoms with Gasteiger partial charge in [-0.3, -0.25) is 4.68 Å². The Hall–Kier alpha value is -0.540. The third-order valence-corrected chi connectivity index (χ3v) is 2.18. The summed E-state index contributed by atoms with van der Waals surface area (Å²) in [6.07, 6.45) is 3.63. The Morgan fingerprint density at radius 3 is 2.83 bits per heavy atom. The summed E-state index contributed by atoms with van der Waals surface area (Å²) in [7, 11) is 1.86. The van der Waals surface area contributed by atoms with Gasteiger partial charge in [0.2, 0.25) is 0 Å². The van der Waals surface area contributed by atoms with Gasteiger partial charge in [-0.25, -0.2) is 0 Å². The molecule has 1 heterocycles. The maximum atomic E-state index is 5.91. The molecular formula is C8H14ClN3. The molecule has 0 radical (unpaired) electrons. The molecule has 0 aliphatic carbocycles. The van der Waals surface area contributed by atoms with Gasteiger partial charge in [-0.1, -0.05) is 24.9 Å². The van der Waals surface area contributed by atoms with Crippen LogP contribution < -0.4 is 5.73 Å². The van der Waals surface area contributed by atoms with Gasteiger partial charge in [-0.15, -0.1) is 0 Å². The van der Waals surface area contributed by atoms with Gasteiger partial charge in [0.05, 0.1) is 16.9 Å². The Morgan fingerprint density at radius 2 is 2.42 bits per heavy atom. The zero-order valence-corrected chi connectivity index (χ0v) is 8.17. The lowest BCUT2D eigenvalue weighted by Crippen LogP contribution is -2.14. The van der Waals surface area contributed by atoms with Crippen LogP contribution in [0, 0.1) is 0 Å². The predicted octanol–water partition coefficient (Wildman–Crippen LogP) is 1.87. The van der Waals surface area contributed by atoms with E-state index in [0.29, 0.717) is 5.02 Å². The molecule has 4 heteroatoms. The van der Waals surface area contributed by atoms with Crippen LogP contribution in [0.3, 0.4) is 0 Å². The van der Waals surface area contributed by atoms with Gasteiger partial charge in [0.1, 0.15) is 0 Å². The molecule has 68 valence electrons. The van der Waals surface area contributed by atoms with Gasteiger partial charge in [-0.2, -0.15) is 5.10 Å². The van der Waals surface area contributed by atoms with Gasteiger partial charge in [0, 0.05) is 13.1 Å². The fourth-order valence-electron chi connectivity index (χ4n) is 1.29. The highest BCUT2D eigenvalue weighted by Crippen LogP contribution is 2.22. The highest BCUT2D eigenvalue weighted by Gasteiger charge is 2.13. The Kier molecular flexibility index (Phi) is 3.12. The van der Waals surface area contributed by atoms with Crippen LogP contribution in [0.2, 0.25) is 5.02 Å². The van der Waals surface area contributed by atoms with Gasteiger partial charge in [-0.05, 0) is 6.42 Å². The zero-order valence-electron chi connectivity index (χ0n) is 7.42. The number of rotatable bonds is 3. The fourth-order valence-corrected chi connectivity index (χ4v) is 1.59. The Balaban J connectivity index is 2.85. The average Bonchev–Trinajstić information content (AvgIpc) is 2.32. The number of nitrogens with zero attached hydrogens (tertiary/aromatic N) is 2. The van der Waals surface area contributed by atoms with E-state index in [-0.39, 0.29) is 6.04 Å². The quantitative estimate of drug-likeness (QED) is 0.785. The van der Waals surface area contributed by atoms with Crippen molar-refractivity contribution < 1.29 is 0 Å². The maximum absolute atomic E-state index is 5.91. The van der Waals surface area contributed by atoms with E-state index in [0.717, 1.165) is 18.5 Å². The van der Waals surface area contributed by atoms with Gasteiger partial charge < -0.3 is 5.73 Å². The molecule has 1 aromatic rings. The smallest absolute Gasteiger partial charge is 0.0833 e. The molecule has 0 amide bonds. The highest BCUT2D eigenvalue weighted by molar-refractivity contribution is 6.31. The zero-order chi connectivity index (χ0) is 9.14. The van der Waals surface area contributed by atoms with Crippen LogP contribution in [0.15, 0.2) is 6.20 Å². The SMILES string of the molecule is CCCC(N)c1c(Cl)cnn1C. The first kappa shape index (κ1) is 9.55. The standard InChI is InChI=1S/C8H14ClN3/c1-3-4-7(10)8-6(9)5-11-12(8)2/h5,7H,3-4,10H2,1-2H3. The molecular weight excluding hydrogens is 174 g/mol. The molecule has 0 aromatic carbocycles. The first-order valence-electron chi connectivity index (χ1n) is 4.09. The molecule has 0 bridgehead atoms. The summed E-state index contributed by atoms with van der Waals surface area (Å²) in [6.45, 7) is 2.10. The van der Waals surface area contributed by atoms with Crippen LogP contribution >= 0.6 is 11.6 Å². The fraction of sp³-hybridized carbons (Fsp3) is 0.625. The molecule has 0 saturated heterocycles. The van der Waals surface area contributed by atoms with E-state index < -0.39 is 0 Å². The highest BCUT2D eigenvalue weighted by atomic mass is 35.5. The Morgan fingerprint density at radius 1 is 1.75 bits per heavy atom. The van der Waals surface area contributed by atoms with Crippen LogP contribution in [0.5, 0.6) is 0 Å². The third kappa shape index (κ3) is 1.79. The van der Waals surface area contributed by atoms with E-state index >= 15 is 0 Å². The monoisotopic (exact) mass is 187 g/mol. The summed E-state index contributed by atoms with van der Waals surface area (Å²) >= 11 is 5.91. The summed E-state index contributed by atoms with van der Waals surface area (Å²) in [6, 6.07) is 0.00926. The molecule has 1 atom stereocenters. The van der Waals surface area contributed by atoms with Crippen molar-refractivity contribution in [2.45, 2.75) is 25.8 Å². The van der Waals surface area contributed by atoms with Crippen molar-refractivity contribution in [1.29, 1.82) is 0 Å². The molecule has 1 rings (SSSR count). The van der Waals surface area contributed by atoms with Gasteiger partial charge in [0.15, 0.2) is 0 Å². The third-order valence-electron chi connectivity index (χ3n) is 1.89. The Bertz CT molecular complexity index is 237. The van der Waals surface area contributed by atoms with Crippen LogP contribution in [-0.4, -0.2) is 9.78 Å². The molecule has 1 aromatic heterocycles. The topological polar surface area (TPSA) is 43.8 Å². The molecule has 2 N–H and O–H groups in total. The van der Waals surface area contributed by atoms with Crippen molar-refractivity contribution in [3.8, 4) is 0 Å². The molecule has 0 fully saturated rings. The minimum absolute atomic E-state index is 0.00926. The lowest BCUT2D eigenvalue weighted by atomic mass is 10.1. The van der Waals surface area contributed by atoms with E-state index in [1.54, 1.807) is 10.9 Å². The number of aromatic nitrogens is 2. The van der Waals surface area contributed by atoms with E-state index in [1.165, 1.54) is 0 Å². The second kappa shape index (κ2) is 3.92. The second-order valence-corrected chi connectivity index (χ2v) is 3.30. The normalized spacial score (nSPS) is 13.3. The average molecular weight is 188 g/mol. The minimum atomic E-state index is 0.00926. The summed E-state index contributed by atoms with van der Waals surface area (Å²) in [4.78, 5) is 0. The maximum Gasteiger partial charge on any atom is 0.0833 e. The van der Waals surface area contributed by atoms with Crippen LogP contribution in [0.25, 0.3) is 0 Å². The number of nitrogens with two attached hydrogens (primary N) is 1. The van der Waals surface area contributed by atoms with Crippen molar-refractivity contribution in [1.82, 2.24) is 9.78 Å². The molecule has 0 saturated carbocycles. The van der Waals surface area contributed by atoms with Crippen molar-refractivity contribution in [2.24, 2.45) is 12.8 Å². The summed E-state index contributed by atoms with van der Waals surface area (Å²) in [5.41, 5.74) is 6.84. The van der Waals surface area contributed by atoms with E-state index in [2.05, 4.69) is 12.0 Å². The first-order chi connectivity index (χ1) is 5.66. The predicted molar refractivity (Wildman–Crippen MR) is 50.1 cm³/mol. The first-order valence-corrected chi connectivity index (χ1v) is 4.47. The number of halogens is 1. The molecule has 0 aliphatic heterocycles. The van der Waals surface area contributed by atoms with E-state index in [9.17, 15) is 0 Å². The largest absolute Gasteiger partial charge is 0.323 e. The summed E-state index contributed by atoms with van der Waals surface area (Å²) in [5, 5.41) is 4.69. The number of aryl methyl sites for hydroxylation is 1. The van der Waals surface area contributed by atoms with E-state index in [4.69, 9.17) is 17.3 Å². The van der Waals surface area contributed by atoms with Crippen LogP contribution in [0.4, 0.5) is 0 Å². The minimum Gasteiger partial charge on any atom is -0.323 e. The van der Waals surface area contributed by atoms with Crippen LogP contribution in [0.1, 0.15) is 31.5 Å². The number of hydrogen-bond acceptors (Lipinski definition) is 2.